The first kappa shape index (κ1) is 17.0. The Kier molecular flexibility index (Phi) is 5.51. The zero-order valence-electron chi connectivity index (χ0n) is 13.2. The number of methoxy groups -OCH3 is 2. The van der Waals surface area contributed by atoms with Gasteiger partial charge in [-0.25, -0.2) is 0 Å². The number of hydrogen-bond donors (Lipinski definition) is 1. The van der Waals surface area contributed by atoms with E-state index in [1.807, 2.05) is 0 Å². The summed E-state index contributed by atoms with van der Waals surface area (Å²) in [7, 11) is 2.98. The molecule has 0 bridgehead atoms. The van der Waals surface area contributed by atoms with Crippen molar-refractivity contribution in [2.24, 2.45) is 0 Å². The lowest BCUT2D eigenvalue weighted by Gasteiger charge is -2.05. The molecule has 0 radical (unpaired) electrons. The summed E-state index contributed by atoms with van der Waals surface area (Å²) < 4.78 is 10.00. The van der Waals surface area contributed by atoms with Gasteiger partial charge in [-0.05, 0) is 35.9 Å². The van der Waals surface area contributed by atoms with Crippen molar-refractivity contribution in [3.8, 4) is 11.5 Å². The summed E-state index contributed by atoms with van der Waals surface area (Å²) in [5.74, 6) is 0.581. The number of amides is 1. The molecule has 2 rings (SSSR count). The van der Waals surface area contributed by atoms with Crippen LogP contribution in [-0.4, -0.2) is 25.1 Å². The number of nitro benzene ring substituents is 1. The van der Waals surface area contributed by atoms with Gasteiger partial charge in [0.15, 0.2) is 0 Å². The topological polar surface area (TPSA) is 90.7 Å². The zero-order valence-corrected chi connectivity index (χ0v) is 13.2. The van der Waals surface area contributed by atoms with Crippen molar-refractivity contribution in [2.75, 3.05) is 19.5 Å². The third kappa shape index (κ3) is 4.33. The fourth-order valence-electron chi connectivity index (χ4n) is 1.96. The average molecular weight is 328 g/mol. The normalized spacial score (nSPS) is 10.4. The molecular formula is C17H16N2O5. The van der Waals surface area contributed by atoms with Crippen molar-refractivity contribution >= 4 is 23.4 Å². The van der Waals surface area contributed by atoms with Crippen LogP contribution >= 0.6 is 0 Å². The second-order valence-corrected chi connectivity index (χ2v) is 4.74. The van der Waals surface area contributed by atoms with Crippen LogP contribution in [0, 0.1) is 10.1 Å². The third-order valence-electron chi connectivity index (χ3n) is 3.20. The van der Waals surface area contributed by atoms with Gasteiger partial charge >= 0.3 is 0 Å². The average Bonchev–Trinajstić information content (AvgIpc) is 2.60. The number of rotatable bonds is 6. The van der Waals surface area contributed by atoms with Crippen molar-refractivity contribution in [1.82, 2.24) is 0 Å². The molecule has 0 spiro atoms. The fraction of sp³-hybridized carbons (Fsp3) is 0.118. The lowest BCUT2D eigenvalue weighted by Crippen LogP contribution is -2.09. The van der Waals surface area contributed by atoms with Gasteiger partial charge in [0.25, 0.3) is 5.69 Å². The number of nitrogens with one attached hydrogen (secondary N) is 1. The van der Waals surface area contributed by atoms with Gasteiger partial charge in [-0.3, -0.25) is 14.9 Å². The maximum absolute atomic E-state index is 12.0. The van der Waals surface area contributed by atoms with Crippen LogP contribution in [0.4, 0.5) is 11.4 Å². The van der Waals surface area contributed by atoms with E-state index in [-0.39, 0.29) is 11.4 Å². The van der Waals surface area contributed by atoms with Crippen molar-refractivity contribution in [3.05, 3.63) is 64.2 Å². The Morgan fingerprint density at radius 2 is 1.71 bits per heavy atom. The highest BCUT2D eigenvalue weighted by Gasteiger charge is 2.16. The first-order chi connectivity index (χ1) is 11.5. The molecule has 0 heterocycles. The Balaban J connectivity index is 2.11. The third-order valence-corrected chi connectivity index (χ3v) is 3.20. The summed E-state index contributed by atoms with van der Waals surface area (Å²) in [6, 6.07) is 11.3. The number of benzene rings is 2. The number of nitrogens with zero attached hydrogens (tertiary/aromatic N) is 1. The Bertz CT molecular complexity index is 769. The monoisotopic (exact) mass is 328 g/mol. The summed E-state index contributed by atoms with van der Waals surface area (Å²) in [5, 5.41) is 13.6. The Labute approximate surface area is 138 Å². The standard InChI is InChI=1S/C17H16N2O5/c1-23-13-6-3-12(4-7-13)5-10-17(20)18-15-9-8-14(24-2)11-16(15)19(21)22/h3-11H,1-2H3,(H,18,20)/b10-5+. The summed E-state index contributed by atoms with van der Waals surface area (Å²) in [6.45, 7) is 0. The van der Waals surface area contributed by atoms with Crippen molar-refractivity contribution < 1.29 is 19.2 Å². The van der Waals surface area contributed by atoms with E-state index in [0.29, 0.717) is 11.5 Å². The molecule has 0 saturated heterocycles. The van der Waals surface area contributed by atoms with Gasteiger partial charge in [0.1, 0.15) is 17.2 Å². The summed E-state index contributed by atoms with van der Waals surface area (Å²) in [6.07, 6.45) is 2.90. The molecule has 1 N–H and O–H groups in total. The van der Waals surface area contributed by atoms with Gasteiger partial charge in [-0.2, -0.15) is 0 Å². The van der Waals surface area contributed by atoms with Crippen molar-refractivity contribution in [3.63, 3.8) is 0 Å². The molecule has 124 valence electrons. The van der Waals surface area contributed by atoms with E-state index in [9.17, 15) is 14.9 Å². The predicted octanol–water partition coefficient (Wildman–Crippen LogP) is 3.26. The predicted molar refractivity (Wildman–Crippen MR) is 90.3 cm³/mol. The van der Waals surface area contributed by atoms with E-state index in [0.717, 1.165) is 5.56 Å². The van der Waals surface area contributed by atoms with Crippen LogP contribution in [0.1, 0.15) is 5.56 Å². The van der Waals surface area contributed by atoms with Crippen LogP contribution in [0.25, 0.3) is 6.08 Å². The first-order valence-corrected chi connectivity index (χ1v) is 6.99. The van der Waals surface area contributed by atoms with Crippen LogP contribution < -0.4 is 14.8 Å². The molecule has 2 aromatic carbocycles. The number of carbonyl (C=O) groups excluding carboxylic acids is 1. The Hall–Kier alpha value is -3.35. The maximum Gasteiger partial charge on any atom is 0.296 e. The second-order valence-electron chi connectivity index (χ2n) is 4.74. The minimum Gasteiger partial charge on any atom is -0.497 e. The van der Waals surface area contributed by atoms with E-state index >= 15 is 0 Å². The number of anilines is 1. The van der Waals surface area contributed by atoms with Crippen LogP contribution in [0.2, 0.25) is 0 Å². The quantitative estimate of drug-likeness (QED) is 0.499. The summed E-state index contributed by atoms with van der Waals surface area (Å²) in [4.78, 5) is 22.5. The van der Waals surface area contributed by atoms with Crippen LogP contribution in [-0.2, 0) is 4.79 Å². The van der Waals surface area contributed by atoms with E-state index in [1.165, 1.54) is 31.4 Å². The Morgan fingerprint density at radius 1 is 1.08 bits per heavy atom. The van der Waals surface area contributed by atoms with Crippen LogP contribution in [0.5, 0.6) is 11.5 Å². The Morgan fingerprint density at radius 3 is 2.29 bits per heavy atom. The minimum absolute atomic E-state index is 0.102. The largest absolute Gasteiger partial charge is 0.497 e. The lowest BCUT2D eigenvalue weighted by molar-refractivity contribution is -0.384. The highest BCUT2D eigenvalue weighted by Crippen LogP contribution is 2.28. The molecule has 0 aliphatic rings. The SMILES string of the molecule is COc1ccc(/C=C/C(=O)Nc2ccc(OC)cc2[N+](=O)[O-])cc1. The smallest absolute Gasteiger partial charge is 0.296 e. The molecule has 2 aromatic rings. The number of carbonyl (C=O) groups is 1. The molecule has 0 unspecified atom stereocenters. The highest BCUT2D eigenvalue weighted by molar-refractivity contribution is 6.03. The summed E-state index contributed by atoms with van der Waals surface area (Å²) in [5.41, 5.74) is 0.668. The van der Waals surface area contributed by atoms with Crippen molar-refractivity contribution in [2.45, 2.75) is 0 Å². The van der Waals surface area contributed by atoms with Crippen LogP contribution in [0.3, 0.4) is 0 Å². The number of ether oxygens (including phenoxy) is 2. The van der Waals surface area contributed by atoms with Crippen LogP contribution in [0.15, 0.2) is 48.5 Å². The zero-order chi connectivity index (χ0) is 17.5. The van der Waals surface area contributed by atoms with Gasteiger partial charge in [0.05, 0.1) is 25.2 Å². The molecule has 0 aromatic heterocycles. The molecule has 0 saturated carbocycles. The van der Waals surface area contributed by atoms with E-state index < -0.39 is 10.8 Å². The van der Waals surface area contributed by atoms with Gasteiger partial charge in [0.2, 0.25) is 5.91 Å². The summed E-state index contributed by atoms with van der Waals surface area (Å²) >= 11 is 0. The number of hydrogen-bond acceptors (Lipinski definition) is 5. The number of nitro groups is 1. The van der Waals surface area contributed by atoms with Crippen molar-refractivity contribution in [1.29, 1.82) is 0 Å². The molecule has 0 fully saturated rings. The van der Waals surface area contributed by atoms with E-state index in [2.05, 4.69) is 5.32 Å². The fourth-order valence-corrected chi connectivity index (χ4v) is 1.96. The highest BCUT2D eigenvalue weighted by atomic mass is 16.6. The first-order valence-electron chi connectivity index (χ1n) is 6.99. The van der Waals surface area contributed by atoms with Gasteiger partial charge in [-0.1, -0.05) is 12.1 Å². The molecule has 7 nitrogen and oxygen atoms in total. The molecule has 0 aliphatic carbocycles. The molecular weight excluding hydrogens is 312 g/mol. The minimum atomic E-state index is -0.578. The lowest BCUT2D eigenvalue weighted by atomic mass is 10.2. The van der Waals surface area contributed by atoms with Gasteiger partial charge < -0.3 is 14.8 Å². The maximum atomic E-state index is 12.0. The molecule has 0 aliphatic heterocycles. The second kappa shape index (κ2) is 7.77. The molecule has 1 amide bonds. The molecule has 0 atom stereocenters. The van der Waals surface area contributed by atoms with E-state index in [1.54, 1.807) is 37.5 Å². The molecule has 24 heavy (non-hydrogen) atoms. The molecule has 7 heteroatoms. The van der Waals surface area contributed by atoms with Gasteiger partial charge in [-0.15, -0.1) is 0 Å². The van der Waals surface area contributed by atoms with E-state index in [4.69, 9.17) is 9.47 Å². The van der Waals surface area contributed by atoms with Gasteiger partial charge in [0, 0.05) is 6.08 Å².